The van der Waals surface area contributed by atoms with E-state index in [1.165, 1.54) is 50.6 Å². The molecule has 4 atom stereocenters. The van der Waals surface area contributed by atoms with Gasteiger partial charge in [0.05, 0.1) is 12.2 Å². The third-order valence-corrected chi connectivity index (χ3v) is 5.59. The minimum atomic E-state index is 0.204. The number of aryl methyl sites for hydroxylation is 1. The lowest BCUT2D eigenvalue weighted by atomic mass is 9.77. The van der Waals surface area contributed by atoms with E-state index < -0.39 is 0 Å². The molecule has 0 radical (unpaired) electrons. The molecule has 3 rings (SSSR count). The lowest BCUT2D eigenvalue weighted by molar-refractivity contribution is 0.0154. The Morgan fingerprint density at radius 3 is 2.76 bits per heavy atom. The standard InChI is InChI=1S/C17H30N4/c1-3-15(18)17(14-11-19-20(2)12-14)21-10-6-8-13-7-4-5-9-16(13)21/h11-13,15-17H,3-10,18H2,1-2H3. The lowest BCUT2D eigenvalue weighted by Crippen LogP contribution is -2.52. The molecule has 0 amide bonds. The Hall–Kier alpha value is -0.870. The average molecular weight is 290 g/mol. The zero-order chi connectivity index (χ0) is 14.8. The first-order valence-electron chi connectivity index (χ1n) is 8.70. The van der Waals surface area contributed by atoms with Crippen molar-refractivity contribution in [3.63, 3.8) is 0 Å². The van der Waals surface area contributed by atoms with Crippen LogP contribution in [0.4, 0.5) is 0 Å². The highest BCUT2D eigenvalue weighted by Gasteiger charge is 2.39. The molecule has 4 nitrogen and oxygen atoms in total. The number of nitrogens with zero attached hydrogens (tertiary/aromatic N) is 3. The fourth-order valence-corrected chi connectivity index (χ4v) is 4.51. The van der Waals surface area contributed by atoms with Crippen molar-refractivity contribution in [2.45, 2.75) is 70.0 Å². The smallest absolute Gasteiger partial charge is 0.0538 e. The van der Waals surface area contributed by atoms with E-state index >= 15 is 0 Å². The Morgan fingerprint density at radius 2 is 2.05 bits per heavy atom. The second-order valence-electron chi connectivity index (χ2n) is 6.96. The molecule has 21 heavy (non-hydrogen) atoms. The summed E-state index contributed by atoms with van der Waals surface area (Å²) in [6.07, 6.45) is 13.5. The summed E-state index contributed by atoms with van der Waals surface area (Å²) >= 11 is 0. The fourth-order valence-electron chi connectivity index (χ4n) is 4.51. The highest BCUT2D eigenvalue weighted by atomic mass is 15.3. The van der Waals surface area contributed by atoms with E-state index in [1.807, 2.05) is 17.9 Å². The Kier molecular flexibility index (Phi) is 4.65. The molecular weight excluding hydrogens is 260 g/mol. The van der Waals surface area contributed by atoms with Crippen molar-refractivity contribution in [3.8, 4) is 0 Å². The number of piperidine rings is 1. The first-order valence-corrected chi connectivity index (χ1v) is 8.70. The second-order valence-corrected chi connectivity index (χ2v) is 6.96. The summed E-state index contributed by atoms with van der Waals surface area (Å²) in [5.41, 5.74) is 7.84. The summed E-state index contributed by atoms with van der Waals surface area (Å²) in [7, 11) is 2.00. The molecule has 2 N–H and O–H groups in total. The van der Waals surface area contributed by atoms with Crippen LogP contribution in [-0.4, -0.2) is 33.3 Å². The molecule has 0 spiro atoms. The van der Waals surface area contributed by atoms with Gasteiger partial charge in [-0.1, -0.05) is 19.8 Å². The van der Waals surface area contributed by atoms with E-state index in [-0.39, 0.29) is 6.04 Å². The molecule has 1 saturated carbocycles. The molecule has 2 heterocycles. The zero-order valence-corrected chi connectivity index (χ0v) is 13.5. The van der Waals surface area contributed by atoms with Crippen molar-refractivity contribution in [1.82, 2.24) is 14.7 Å². The van der Waals surface area contributed by atoms with Crippen LogP contribution in [0.15, 0.2) is 12.4 Å². The molecule has 2 aliphatic rings. The van der Waals surface area contributed by atoms with Gasteiger partial charge < -0.3 is 5.73 Å². The van der Waals surface area contributed by atoms with Crippen molar-refractivity contribution >= 4 is 0 Å². The number of nitrogens with two attached hydrogens (primary N) is 1. The number of aromatic nitrogens is 2. The predicted molar refractivity (Wildman–Crippen MR) is 85.9 cm³/mol. The maximum Gasteiger partial charge on any atom is 0.0538 e. The number of fused-ring (bicyclic) bond motifs is 1. The number of hydrogen-bond acceptors (Lipinski definition) is 3. The normalized spacial score (nSPS) is 29.9. The van der Waals surface area contributed by atoms with Gasteiger partial charge in [0.2, 0.25) is 0 Å². The van der Waals surface area contributed by atoms with Crippen LogP contribution >= 0.6 is 0 Å². The molecule has 1 aromatic heterocycles. The van der Waals surface area contributed by atoms with Gasteiger partial charge in [0.1, 0.15) is 0 Å². The van der Waals surface area contributed by atoms with Crippen LogP contribution < -0.4 is 5.73 Å². The van der Waals surface area contributed by atoms with Crippen molar-refractivity contribution in [2.24, 2.45) is 18.7 Å². The maximum absolute atomic E-state index is 6.53. The van der Waals surface area contributed by atoms with Gasteiger partial charge in [-0.25, -0.2) is 0 Å². The topological polar surface area (TPSA) is 47.1 Å². The summed E-state index contributed by atoms with van der Waals surface area (Å²) in [6, 6.07) is 1.29. The van der Waals surface area contributed by atoms with Crippen LogP contribution in [0.3, 0.4) is 0 Å². The molecule has 1 aliphatic heterocycles. The number of hydrogen-bond donors (Lipinski definition) is 1. The molecule has 118 valence electrons. The van der Waals surface area contributed by atoms with Gasteiger partial charge in [-0.15, -0.1) is 0 Å². The Balaban J connectivity index is 1.87. The minimum Gasteiger partial charge on any atom is -0.326 e. The van der Waals surface area contributed by atoms with Gasteiger partial charge >= 0.3 is 0 Å². The molecule has 4 heteroatoms. The van der Waals surface area contributed by atoms with Gasteiger partial charge in [-0.05, 0) is 44.6 Å². The van der Waals surface area contributed by atoms with E-state index in [0.29, 0.717) is 6.04 Å². The summed E-state index contributed by atoms with van der Waals surface area (Å²) in [4.78, 5) is 2.73. The van der Waals surface area contributed by atoms with E-state index in [2.05, 4.69) is 23.1 Å². The fraction of sp³-hybridized carbons (Fsp3) is 0.824. The first kappa shape index (κ1) is 15.0. The largest absolute Gasteiger partial charge is 0.326 e. The van der Waals surface area contributed by atoms with Crippen LogP contribution in [-0.2, 0) is 7.05 Å². The average Bonchev–Trinajstić information content (AvgIpc) is 2.93. The molecule has 0 aromatic carbocycles. The zero-order valence-electron chi connectivity index (χ0n) is 13.5. The highest BCUT2D eigenvalue weighted by molar-refractivity contribution is 5.15. The summed E-state index contributed by atoms with van der Waals surface area (Å²) < 4.78 is 1.91. The van der Waals surface area contributed by atoms with Crippen LogP contribution in [0.1, 0.15) is 63.5 Å². The predicted octanol–water partition coefficient (Wildman–Crippen LogP) is 2.85. The molecule has 1 aliphatic carbocycles. The maximum atomic E-state index is 6.53. The Morgan fingerprint density at radius 1 is 1.29 bits per heavy atom. The van der Waals surface area contributed by atoms with Crippen molar-refractivity contribution < 1.29 is 0 Å². The summed E-state index contributed by atoms with van der Waals surface area (Å²) in [6.45, 7) is 3.41. The number of rotatable bonds is 4. The number of likely N-dealkylation sites (tertiary alicyclic amines) is 1. The Labute approximate surface area is 128 Å². The highest BCUT2D eigenvalue weighted by Crippen LogP contribution is 2.40. The van der Waals surface area contributed by atoms with Crippen molar-refractivity contribution in [3.05, 3.63) is 18.0 Å². The van der Waals surface area contributed by atoms with Crippen molar-refractivity contribution in [2.75, 3.05) is 6.54 Å². The SMILES string of the molecule is CCC(N)C(c1cnn(C)c1)N1CCCC2CCCCC21. The molecule has 1 saturated heterocycles. The molecule has 4 unspecified atom stereocenters. The molecular formula is C17H30N4. The van der Waals surface area contributed by atoms with Gasteiger partial charge in [0, 0.05) is 30.9 Å². The van der Waals surface area contributed by atoms with Gasteiger partial charge in [-0.2, -0.15) is 5.10 Å². The van der Waals surface area contributed by atoms with Gasteiger partial charge in [-0.3, -0.25) is 9.58 Å². The second kappa shape index (κ2) is 6.49. The van der Waals surface area contributed by atoms with Crippen LogP contribution in [0.2, 0.25) is 0 Å². The van der Waals surface area contributed by atoms with E-state index in [0.717, 1.165) is 18.4 Å². The summed E-state index contributed by atoms with van der Waals surface area (Å²) in [5.74, 6) is 0.899. The van der Waals surface area contributed by atoms with E-state index in [4.69, 9.17) is 5.73 Å². The summed E-state index contributed by atoms with van der Waals surface area (Å²) in [5, 5.41) is 4.39. The molecule has 2 fully saturated rings. The Bertz CT molecular complexity index is 453. The van der Waals surface area contributed by atoms with Crippen LogP contribution in [0.5, 0.6) is 0 Å². The quantitative estimate of drug-likeness (QED) is 0.927. The van der Waals surface area contributed by atoms with E-state index in [1.54, 1.807) is 0 Å². The minimum absolute atomic E-state index is 0.204. The van der Waals surface area contributed by atoms with Gasteiger partial charge in [0.15, 0.2) is 0 Å². The third kappa shape index (κ3) is 3.02. The van der Waals surface area contributed by atoms with Crippen molar-refractivity contribution in [1.29, 1.82) is 0 Å². The van der Waals surface area contributed by atoms with E-state index in [9.17, 15) is 0 Å². The third-order valence-electron chi connectivity index (χ3n) is 5.59. The molecule has 0 bridgehead atoms. The first-order chi connectivity index (χ1) is 10.2. The molecule has 1 aromatic rings. The van der Waals surface area contributed by atoms with Gasteiger partial charge in [0.25, 0.3) is 0 Å². The van der Waals surface area contributed by atoms with Crippen LogP contribution in [0, 0.1) is 5.92 Å². The monoisotopic (exact) mass is 290 g/mol. The van der Waals surface area contributed by atoms with Crippen LogP contribution in [0.25, 0.3) is 0 Å². The lowest BCUT2D eigenvalue weighted by Gasteiger charge is -2.49.